The van der Waals surface area contributed by atoms with Gasteiger partial charge in [-0.1, -0.05) is 13.8 Å². The zero-order valence-corrected chi connectivity index (χ0v) is 7.92. The minimum atomic E-state index is 0.267. The van der Waals surface area contributed by atoms with Gasteiger partial charge in [0.25, 0.3) is 0 Å². The molecule has 1 unspecified atom stereocenters. The fraction of sp³-hybridized carbons (Fsp3) is 1.00. The lowest BCUT2D eigenvalue weighted by Gasteiger charge is -2.33. The third-order valence-electron chi connectivity index (χ3n) is 2.33. The molecule has 0 bridgehead atoms. The number of ether oxygens (including phenoxy) is 1. The second-order valence-electron chi connectivity index (χ2n) is 3.76. The van der Waals surface area contributed by atoms with Crippen LogP contribution in [-0.4, -0.2) is 37.0 Å². The highest BCUT2D eigenvalue weighted by Gasteiger charge is 2.23. The van der Waals surface area contributed by atoms with Gasteiger partial charge in [0.15, 0.2) is 0 Å². The van der Waals surface area contributed by atoms with Gasteiger partial charge in [-0.15, -0.1) is 0 Å². The number of aliphatic hydroxyl groups excluding tert-OH is 1. The highest BCUT2D eigenvalue weighted by molar-refractivity contribution is 4.80. The molecule has 0 aromatic rings. The van der Waals surface area contributed by atoms with Crippen LogP contribution in [0.25, 0.3) is 0 Å². The minimum Gasteiger partial charge on any atom is -0.396 e. The molecule has 12 heavy (non-hydrogen) atoms. The average Bonchev–Trinajstić information content (AvgIpc) is 1.93. The molecule has 1 saturated heterocycles. The van der Waals surface area contributed by atoms with Gasteiger partial charge in [0.2, 0.25) is 0 Å². The van der Waals surface area contributed by atoms with Crippen molar-refractivity contribution in [2.75, 3.05) is 19.8 Å². The van der Waals surface area contributed by atoms with Gasteiger partial charge >= 0.3 is 0 Å². The van der Waals surface area contributed by atoms with Crippen molar-refractivity contribution in [1.82, 2.24) is 5.32 Å². The van der Waals surface area contributed by atoms with E-state index in [0.717, 1.165) is 19.6 Å². The van der Waals surface area contributed by atoms with E-state index in [9.17, 15) is 0 Å². The number of hydrogen-bond acceptors (Lipinski definition) is 3. The van der Waals surface area contributed by atoms with Crippen molar-refractivity contribution in [2.45, 2.75) is 32.4 Å². The molecule has 2 N–H and O–H groups in total. The molecule has 1 heterocycles. The number of aliphatic hydroxyl groups is 1. The molecule has 1 aliphatic heterocycles. The average molecular weight is 173 g/mol. The molecule has 72 valence electrons. The number of rotatable bonds is 5. The van der Waals surface area contributed by atoms with Crippen LogP contribution in [0.2, 0.25) is 0 Å². The SMILES string of the molecule is CC(C)C(CCO)NC1COC1. The Morgan fingerprint density at radius 2 is 2.17 bits per heavy atom. The van der Waals surface area contributed by atoms with Crippen molar-refractivity contribution in [3.05, 3.63) is 0 Å². The van der Waals surface area contributed by atoms with Gasteiger partial charge < -0.3 is 15.2 Å². The first-order valence-corrected chi connectivity index (χ1v) is 4.68. The van der Waals surface area contributed by atoms with Crippen LogP contribution in [-0.2, 0) is 4.74 Å². The molecule has 0 aromatic carbocycles. The number of hydrogen-bond donors (Lipinski definition) is 2. The van der Waals surface area contributed by atoms with E-state index in [0.29, 0.717) is 18.0 Å². The Kier molecular flexibility index (Phi) is 3.98. The third-order valence-corrected chi connectivity index (χ3v) is 2.33. The monoisotopic (exact) mass is 173 g/mol. The van der Waals surface area contributed by atoms with Crippen molar-refractivity contribution in [1.29, 1.82) is 0 Å². The summed E-state index contributed by atoms with van der Waals surface area (Å²) in [6, 6.07) is 0.952. The first kappa shape index (κ1) is 9.96. The maximum Gasteiger partial charge on any atom is 0.0643 e. The molecule has 0 spiro atoms. The lowest BCUT2D eigenvalue weighted by molar-refractivity contribution is -0.0138. The Bertz CT molecular complexity index is 124. The summed E-state index contributed by atoms with van der Waals surface area (Å²) in [4.78, 5) is 0. The van der Waals surface area contributed by atoms with Crippen molar-refractivity contribution < 1.29 is 9.84 Å². The smallest absolute Gasteiger partial charge is 0.0643 e. The zero-order valence-electron chi connectivity index (χ0n) is 7.92. The van der Waals surface area contributed by atoms with Crippen LogP contribution in [0, 0.1) is 5.92 Å². The molecule has 0 aromatic heterocycles. The van der Waals surface area contributed by atoms with Gasteiger partial charge in [-0.2, -0.15) is 0 Å². The normalized spacial score (nSPS) is 21.0. The van der Waals surface area contributed by atoms with Crippen molar-refractivity contribution in [3.8, 4) is 0 Å². The predicted octanol–water partition coefficient (Wildman–Crippen LogP) is 0.382. The standard InChI is InChI=1S/C9H19NO2/c1-7(2)9(3-4-11)10-8-5-12-6-8/h7-11H,3-6H2,1-2H3. The minimum absolute atomic E-state index is 0.267. The number of nitrogens with one attached hydrogen (secondary N) is 1. The van der Waals surface area contributed by atoms with E-state index in [4.69, 9.17) is 9.84 Å². The van der Waals surface area contributed by atoms with Gasteiger partial charge in [-0.25, -0.2) is 0 Å². The molecule has 1 aliphatic rings. The van der Waals surface area contributed by atoms with Gasteiger partial charge in [-0.3, -0.25) is 0 Å². The Morgan fingerprint density at radius 3 is 2.50 bits per heavy atom. The maximum absolute atomic E-state index is 8.82. The molecule has 1 rings (SSSR count). The summed E-state index contributed by atoms with van der Waals surface area (Å²) in [6.07, 6.45) is 0.841. The summed E-state index contributed by atoms with van der Waals surface area (Å²) in [5, 5.41) is 12.3. The van der Waals surface area contributed by atoms with Crippen molar-refractivity contribution in [2.24, 2.45) is 5.92 Å². The zero-order chi connectivity index (χ0) is 8.97. The van der Waals surface area contributed by atoms with Gasteiger partial charge in [0.05, 0.1) is 19.3 Å². The lowest BCUT2D eigenvalue weighted by atomic mass is 10.00. The quantitative estimate of drug-likeness (QED) is 0.631. The van der Waals surface area contributed by atoms with Crippen LogP contribution in [0.3, 0.4) is 0 Å². The van der Waals surface area contributed by atoms with Gasteiger partial charge in [0, 0.05) is 12.6 Å². The van der Waals surface area contributed by atoms with Gasteiger partial charge in [-0.05, 0) is 12.3 Å². The largest absolute Gasteiger partial charge is 0.396 e. The molecule has 3 heteroatoms. The molecule has 0 amide bonds. The van der Waals surface area contributed by atoms with Crippen LogP contribution in [0.5, 0.6) is 0 Å². The Labute approximate surface area is 74.1 Å². The van der Waals surface area contributed by atoms with E-state index < -0.39 is 0 Å². The summed E-state index contributed by atoms with van der Waals surface area (Å²) in [6.45, 7) is 6.27. The highest BCUT2D eigenvalue weighted by atomic mass is 16.5. The van der Waals surface area contributed by atoms with Crippen LogP contribution in [0.4, 0.5) is 0 Å². The first-order valence-electron chi connectivity index (χ1n) is 4.68. The fourth-order valence-corrected chi connectivity index (χ4v) is 1.38. The van der Waals surface area contributed by atoms with Crippen molar-refractivity contribution >= 4 is 0 Å². The summed E-state index contributed by atoms with van der Waals surface area (Å²) >= 11 is 0. The molecular weight excluding hydrogens is 154 g/mol. The van der Waals surface area contributed by atoms with Crippen LogP contribution >= 0.6 is 0 Å². The van der Waals surface area contributed by atoms with E-state index in [2.05, 4.69) is 19.2 Å². The van der Waals surface area contributed by atoms with Crippen LogP contribution < -0.4 is 5.32 Å². The maximum atomic E-state index is 8.82. The molecule has 0 radical (unpaired) electrons. The second-order valence-corrected chi connectivity index (χ2v) is 3.76. The van der Waals surface area contributed by atoms with E-state index >= 15 is 0 Å². The second kappa shape index (κ2) is 4.80. The highest BCUT2D eigenvalue weighted by Crippen LogP contribution is 2.09. The molecular formula is C9H19NO2. The third kappa shape index (κ3) is 2.73. The van der Waals surface area contributed by atoms with Crippen LogP contribution in [0.15, 0.2) is 0 Å². The molecule has 0 saturated carbocycles. The summed E-state index contributed by atoms with van der Waals surface area (Å²) in [7, 11) is 0. The predicted molar refractivity (Wildman–Crippen MR) is 48.1 cm³/mol. The first-order chi connectivity index (χ1) is 5.74. The summed E-state index contributed by atoms with van der Waals surface area (Å²) in [5.74, 6) is 0.581. The van der Waals surface area contributed by atoms with Crippen LogP contribution in [0.1, 0.15) is 20.3 Å². The van der Waals surface area contributed by atoms with Crippen molar-refractivity contribution in [3.63, 3.8) is 0 Å². The van der Waals surface area contributed by atoms with E-state index in [1.165, 1.54) is 0 Å². The molecule has 3 nitrogen and oxygen atoms in total. The summed E-state index contributed by atoms with van der Waals surface area (Å²) in [5.41, 5.74) is 0. The molecule has 1 fully saturated rings. The molecule has 0 aliphatic carbocycles. The Hall–Kier alpha value is -0.120. The summed E-state index contributed by atoms with van der Waals surface area (Å²) < 4.78 is 5.07. The fourth-order valence-electron chi connectivity index (χ4n) is 1.38. The van der Waals surface area contributed by atoms with E-state index in [1.807, 2.05) is 0 Å². The van der Waals surface area contributed by atoms with E-state index in [1.54, 1.807) is 0 Å². The van der Waals surface area contributed by atoms with E-state index in [-0.39, 0.29) is 6.61 Å². The Morgan fingerprint density at radius 1 is 1.50 bits per heavy atom. The Balaban J connectivity index is 2.21. The molecule has 1 atom stereocenters. The lowest BCUT2D eigenvalue weighted by Crippen LogP contribution is -2.52. The topological polar surface area (TPSA) is 41.5 Å². The van der Waals surface area contributed by atoms with Gasteiger partial charge in [0.1, 0.15) is 0 Å².